The van der Waals surface area contributed by atoms with E-state index in [-0.39, 0.29) is 46.5 Å². The molecule has 0 aliphatic heterocycles. The highest BCUT2D eigenvalue weighted by atomic mass is 19.4. The van der Waals surface area contributed by atoms with E-state index in [1.54, 1.807) is 17.8 Å². The van der Waals surface area contributed by atoms with Crippen LogP contribution in [-0.4, -0.2) is 65.2 Å². The van der Waals surface area contributed by atoms with E-state index in [4.69, 9.17) is 9.47 Å². The maximum atomic E-state index is 14.7. The maximum absolute atomic E-state index is 14.7. The largest absolute Gasteiger partial charge is 0.494 e. The third kappa shape index (κ3) is 6.41. The Balaban J connectivity index is 1.55. The Kier molecular flexibility index (Phi) is 8.70. The second-order valence-electron chi connectivity index (χ2n) is 10.6. The van der Waals surface area contributed by atoms with E-state index in [1.165, 1.54) is 38.4 Å². The third-order valence-corrected chi connectivity index (χ3v) is 7.48. The van der Waals surface area contributed by atoms with Gasteiger partial charge in [0.15, 0.2) is 0 Å². The van der Waals surface area contributed by atoms with Crippen LogP contribution in [0.15, 0.2) is 48.7 Å². The lowest BCUT2D eigenvalue weighted by Crippen LogP contribution is -2.51. The summed E-state index contributed by atoms with van der Waals surface area (Å²) in [5.41, 5.74) is -4.07. The minimum Gasteiger partial charge on any atom is -0.494 e. The molecule has 2 amide bonds. The van der Waals surface area contributed by atoms with Crippen molar-refractivity contribution in [1.82, 2.24) is 25.4 Å². The number of rotatable bonds is 11. The van der Waals surface area contributed by atoms with Crippen molar-refractivity contribution < 1.29 is 41.7 Å². The number of likely N-dealkylation sites (N-methyl/N-ethyl adjacent to an activating group) is 1. The fourth-order valence-electron chi connectivity index (χ4n) is 4.88. The predicted octanol–water partition coefficient (Wildman–Crippen LogP) is 4.45. The first-order valence-electron chi connectivity index (χ1n) is 14.2. The van der Waals surface area contributed by atoms with Gasteiger partial charge in [0.1, 0.15) is 28.5 Å². The number of fused-ring (bicyclic) bond motifs is 1. The van der Waals surface area contributed by atoms with Gasteiger partial charge in [-0.2, -0.15) is 18.3 Å². The molecule has 0 saturated heterocycles. The number of pyridine rings is 1. The Morgan fingerprint density at radius 2 is 1.84 bits per heavy atom. The van der Waals surface area contributed by atoms with Gasteiger partial charge in [0.25, 0.3) is 5.91 Å². The number of carbonyl (C=O) groups is 2. The summed E-state index contributed by atoms with van der Waals surface area (Å²) in [6.07, 6.45) is -2.07. The average molecular weight is 630 g/mol. The van der Waals surface area contributed by atoms with Crippen LogP contribution in [0.25, 0.3) is 22.2 Å². The number of alkyl halides is 3. The highest BCUT2D eigenvalue weighted by Crippen LogP contribution is 2.42. The van der Waals surface area contributed by atoms with Crippen LogP contribution in [0.2, 0.25) is 0 Å². The number of nitrogens with zero attached hydrogens (tertiary/aromatic N) is 3. The normalized spacial score (nSPS) is 14.6. The molecule has 5 rings (SSSR count). The quantitative estimate of drug-likeness (QED) is 0.209. The number of nitrogens with one attached hydrogen (secondary N) is 2. The molecule has 14 heteroatoms. The fraction of sp³-hybridized carbons (Fsp3) is 0.355. The summed E-state index contributed by atoms with van der Waals surface area (Å²) in [5, 5.41) is 20.9. The molecule has 2 aromatic carbocycles. The zero-order valence-corrected chi connectivity index (χ0v) is 24.7. The minimum absolute atomic E-state index is 0.00242. The number of hydrogen-bond donors (Lipinski definition) is 3. The molecule has 2 heterocycles. The molecule has 45 heavy (non-hydrogen) atoms. The summed E-state index contributed by atoms with van der Waals surface area (Å²) in [4.78, 5) is 29.7. The molecule has 0 bridgehead atoms. The van der Waals surface area contributed by atoms with E-state index < -0.39 is 48.1 Å². The van der Waals surface area contributed by atoms with E-state index >= 15 is 0 Å². The molecule has 1 aliphatic rings. The number of aromatic nitrogens is 3. The molecular weight excluding hydrogens is 598 g/mol. The molecule has 3 N–H and O–H groups in total. The van der Waals surface area contributed by atoms with Gasteiger partial charge in [-0.3, -0.25) is 14.3 Å². The van der Waals surface area contributed by atoms with Crippen LogP contribution in [0.5, 0.6) is 11.5 Å². The zero-order valence-electron chi connectivity index (χ0n) is 24.7. The highest BCUT2D eigenvalue weighted by Gasteiger charge is 2.56. The van der Waals surface area contributed by atoms with Crippen LogP contribution in [0.4, 0.5) is 17.6 Å². The summed E-state index contributed by atoms with van der Waals surface area (Å²) in [6.45, 7) is 0.389. The van der Waals surface area contributed by atoms with Gasteiger partial charge in [-0.25, -0.2) is 9.37 Å². The first-order chi connectivity index (χ1) is 21.4. The van der Waals surface area contributed by atoms with Crippen molar-refractivity contribution in [1.29, 1.82) is 0 Å². The van der Waals surface area contributed by atoms with Gasteiger partial charge in [0.05, 0.1) is 38.4 Å². The summed E-state index contributed by atoms with van der Waals surface area (Å²) in [6, 6.07) is 8.77. The van der Waals surface area contributed by atoms with E-state index in [9.17, 15) is 32.3 Å². The van der Waals surface area contributed by atoms with Crippen molar-refractivity contribution in [3.05, 3.63) is 71.3 Å². The number of methoxy groups -OCH3 is 1. The Morgan fingerprint density at radius 1 is 1.13 bits per heavy atom. The van der Waals surface area contributed by atoms with Crippen LogP contribution in [0.3, 0.4) is 0 Å². The number of hydrogen-bond acceptors (Lipinski definition) is 7. The molecule has 1 fully saturated rings. The summed E-state index contributed by atoms with van der Waals surface area (Å²) >= 11 is 0. The number of ether oxygens (including phenoxy) is 2. The van der Waals surface area contributed by atoms with Gasteiger partial charge < -0.3 is 25.2 Å². The standard InChI is InChI=1S/C31H31F4N5O5/c1-4-45-28-18(14-25(41)36-2)13-24(38-27(28)17-5-7-21(32)8-6-17)30(43,31(33,34)35)16-37-29(42)19-11-20-15-40(22-9-10-22)39-26(20)23(12-19)44-3/h5-8,11-13,15,22,43H,4,9-10,14,16H2,1-3H3,(H,36,41)(H,37,42)/t30-/m0/s1. The van der Waals surface area contributed by atoms with Crippen LogP contribution in [-0.2, 0) is 16.8 Å². The van der Waals surface area contributed by atoms with E-state index in [0.717, 1.165) is 31.0 Å². The van der Waals surface area contributed by atoms with E-state index in [1.807, 2.05) is 0 Å². The van der Waals surface area contributed by atoms with Gasteiger partial charge in [-0.15, -0.1) is 0 Å². The molecule has 0 unspecified atom stereocenters. The van der Waals surface area contributed by atoms with Crippen molar-refractivity contribution in [2.45, 2.75) is 44.0 Å². The van der Waals surface area contributed by atoms with Gasteiger partial charge in [-0.1, -0.05) is 0 Å². The Morgan fingerprint density at radius 3 is 2.44 bits per heavy atom. The molecule has 1 atom stereocenters. The summed E-state index contributed by atoms with van der Waals surface area (Å²) < 4.78 is 70.7. The van der Waals surface area contributed by atoms with E-state index in [2.05, 4.69) is 20.7 Å². The maximum Gasteiger partial charge on any atom is 0.424 e. The topological polar surface area (TPSA) is 128 Å². The molecule has 238 valence electrons. The van der Waals surface area contributed by atoms with Crippen LogP contribution in [0, 0.1) is 5.82 Å². The van der Waals surface area contributed by atoms with Crippen LogP contribution in [0.1, 0.15) is 47.4 Å². The molecule has 2 aromatic heterocycles. The Hall–Kier alpha value is -4.72. The number of amides is 2. The molecule has 4 aromatic rings. The average Bonchev–Trinajstić information content (AvgIpc) is 3.78. The number of aliphatic hydroxyl groups is 1. The number of carbonyl (C=O) groups excluding carboxylic acids is 2. The smallest absolute Gasteiger partial charge is 0.424 e. The molecule has 1 aliphatic carbocycles. The highest BCUT2D eigenvalue weighted by molar-refractivity contribution is 6.00. The van der Waals surface area contributed by atoms with Crippen LogP contribution < -0.4 is 20.1 Å². The van der Waals surface area contributed by atoms with E-state index in [0.29, 0.717) is 10.9 Å². The Bertz CT molecular complexity index is 1740. The summed E-state index contributed by atoms with van der Waals surface area (Å²) in [5.74, 6) is -1.79. The third-order valence-electron chi connectivity index (χ3n) is 7.48. The zero-order chi connectivity index (χ0) is 32.5. The number of halogens is 4. The van der Waals surface area contributed by atoms with Crippen molar-refractivity contribution in [2.24, 2.45) is 0 Å². The van der Waals surface area contributed by atoms with Gasteiger partial charge in [0, 0.05) is 35.3 Å². The molecule has 1 saturated carbocycles. The molecule has 0 spiro atoms. The van der Waals surface area contributed by atoms with Crippen molar-refractivity contribution in [2.75, 3.05) is 27.3 Å². The first-order valence-corrected chi connectivity index (χ1v) is 14.2. The SMILES string of the molecule is CCOc1c(CC(=O)NC)cc([C@@](O)(CNC(=O)c2cc(OC)c3nn(C4CC4)cc3c2)C(F)(F)F)nc1-c1ccc(F)cc1. The number of benzene rings is 2. The summed E-state index contributed by atoms with van der Waals surface area (Å²) in [7, 11) is 2.75. The minimum atomic E-state index is -5.34. The fourth-order valence-corrected chi connectivity index (χ4v) is 4.88. The predicted molar refractivity (Wildman–Crippen MR) is 155 cm³/mol. The van der Waals surface area contributed by atoms with Gasteiger partial charge in [-0.05, 0) is 62.2 Å². The lowest BCUT2D eigenvalue weighted by atomic mass is 9.93. The second kappa shape index (κ2) is 12.3. The lowest BCUT2D eigenvalue weighted by molar-refractivity contribution is -0.265. The van der Waals surface area contributed by atoms with Crippen molar-refractivity contribution in [3.63, 3.8) is 0 Å². The lowest BCUT2D eigenvalue weighted by Gasteiger charge is -2.31. The van der Waals surface area contributed by atoms with Gasteiger partial charge in [0.2, 0.25) is 11.5 Å². The second-order valence-corrected chi connectivity index (χ2v) is 10.6. The van der Waals surface area contributed by atoms with Crippen molar-refractivity contribution in [3.8, 4) is 22.8 Å². The monoisotopic (exact) mass is 629 g/mol. The first kappa shape index (κ1) is 31.7. The van der Waals surface area contributed by atoms with Gasteiger partial charge >= 0.3 is 6.18 Å². The molecule has 0 radical (unpaired) electrons. The Labute approximate surface area is 255 Å². The molecule has 10 nitrogen and oxygen atoms in total. The van der Waals surface area contributed by atoms with Crippen LogP contribution >= 0.6 is 0 Å². The van der Waals surface area contributed by atoms with Crippen molar-refractivity contribution >= 4 is 22.7 Å². The molecular formula is C31H31F4N5O5.